The van der Waals surface area contributed by atoms with E-state index in [-0.39, 0.29) is 10.7 Å². The van der Waals surface area contributed by atoms with Crippen molar-refractivity contribution in [3.05, 3.63) is 49.5 Å². The molecule has 10 heteroatoms. The minimum absolute atomic E-state index is 0.0348. The highest BCUT2D eigenvalue weighted by molar-refractivity contribution is 7.07. The topological polar surface area (TPSA) is 110 Å². The van der Waals surface area contributed by atoms with Crippen LogP contribution < -0.4 is 5.43 Å². The Morgan fingerprint density at radius 3 is 2.95 bits per heavy atom. The lowest BCUT2D eigenvalue weighted by molar-refractivity contribution is -0.384. The van der Waals surface area contributed by atoms with E-state index in [0.29, 0.717) is 16.1 Å². The van der Waals surface area contributed by atoms with Gasteiger partial charge in [-0.25, -0.2) is 5.43 Å². The molecule has 1 aromatic heterocycles. The van der Waals surface area contributed by atoms with Crippen LogP contribution in [-0.4, -0.2) is 26.6 Å². The number of benzene rings is 1. The van der Waals surface area contributed by atoms with Crippen LogP contribution in [0.4, 0.5) is 5.69 Å². The first-order valence-corrected chi connectivity index (χ1v) is 6.70. The van der Waals surface area contributed by atoms with Gasteiger partial charge in [0.15, 0.2) is 0 Å². The molecule has 1 amide bonds. The minimum Gasteiger partial charge on any atom is -0.266 e. The van der Waals surface area contributed by atoms with E-state index in [0.717, 1.165) is 11.5 Å². The predicted molar refractivity (Wildman–Crippen MR) is 77.8 cm³/mol. The van der Waals surface area contributed by atoms with Crippen molar-refractivity contribution in [2.75, 3.05) is 0 Å². The van der Waals surface area contributed by atoms with Gasteiger partial charge in [-0.05, 0) is 24.5 Å². The van der Waals surface area contributed by atoms with Gasteiger partial charge in [0.2, 0.25) is 0 Å². The maximum atomic E-state index is 11.7. The van der Waals surface area contributed by atoms with Gasteiger partial charge in [-0.3, -0.25) is 14.9 Å². The molecule has 2 rings (SSSR count). The quantitative estimate of drug-likeness (QED) is 0.526. The number of hydrogen-bond acceptors (Lipinski definition) is 7. The van der Waals surface area contributed by atoms with Crippen LogP contribution in [0, 0.1) is 17.0 Å². The van der Waals surface area contributed by atoms with Crippen LogP contribution in [0.2, 0.25) is 5.02 Å². The van der Waals surface area contributed by atoms with E-state index in [1.54, 1.807) is 13.0 Å². The highest BCUT2D eigenvalue weighted by Crippen LogP contribution is 2.24. The number of hydrazone groups is 1. The second-order valence-electron chi connectivity index (χ2n) is 3.85. The molecule has 108 valence electrons. The normalized spacial score (nSPS) is 10.8. The van der Waals surface area contributed by atoms with E-state index in [1.165, 1.54) is 18.3 Å². The molecule has 21 heavy (non-hydrogen) atoms. The highest BCUT2D eigenvalue weighted by Gasteiger charge is 2.13. The number of carbonyl (C=O) groups excluding carboxylic acids is 1. The van der Waals surface area contributed by atoms with Crippen LogP contribution in [0.15, 0.2) is 23.3 Å². The number of halogens is 1. The lowest BCUT2D eigenvalue weighted by Gasteiger charge is -1.98. The Balaban J connectivity index is 2.08. The fourth-order valence-corrected chi connectivity index (χ4v) is 2.14. The number of nitro groups is 1. The van der Waals surface area contributed by atoms with Crippen LogP contribution in [0.25, 0.3) is 0 Å². The van der Waals surface area contributed by atoms with Gasteiger partial charge < -0.3 is 0 Å². The van der Waals surface area contributed by atoms with E-state index >= 15 is 0 Å². The molecule has 0 aliphatic carbocycles. The number of rotatable bonds is 4. The third-order valence-corrected chi connectivity index (χ3v) is 3.55. The Labute approximate surface area is 127 Å². The summed E-state index contributed by atoms with van der Waals surface area (Å²) >= 11 is 6.65. The summed E-state index contributed by atoms with van der Waals surface area (Å²) in [6, 6.07) is 4.20. The number of amides is 1. The van der Waals surface area contributed by atoms with E-state index < -0.39 is 10.8 Å². The van der Waals surface area contributed by atoms with Crippen LogP contribution in [-0.2, 0) is 0 Å². The molecular formula is C11H8ClN5O3S. The van der Waals surface area contributed by atoms with E-state index in [9.17, 15) is 14.9 Å². The summed E-state index contributed by atoms with van der Waals surface area (Å²) in [6.07, 6.45) is 1.28. The van der Waals surface area contributed by atoms with Gasteiger partial charge in [-0.15, -0.1) is 5.10 Å². The van der Waals surface area contributed by atoms with Gasteiger partial charge in [0.25, 0.3) is 11.6 Å². The number of aryl methyl sites for hydroxylation is 1. The molecule has 0 bridgehead atoms. The Bertz CT molecular complexity index is 730. The van der Waals surface area contributed by atoms with Crippen LogP contribution in [0.3, 0.4) is 0 Å². The third-order valence-electron chi connectivity index (χ3n) is 2.40. The molecule has 0 aliphatic heterocycles. The smallest absolute Gasteiger partial charge is 0.266 e. The zero-order valence-corrected chi connectivity index (χ0v) is 12.2. The first kappa shape index (κ1) is 15.0. The molecule has 1 aromatic carbocycles. The van der Waals surface area contributed by atoms with Crippen molar-refractivity contribution in [3.63, 3.8) is 0 Å². The third kappa shape index (κ3) is 3.58. The number of nitro benzene ring substituents is 1. The summed E-state index contributed by atoms with van der Waals surface area (Å²) < 4.78 is 3.64. The number of nitrogens with one attached hydrogen (secondary N) is 1. The van der Waals surface area contributed by atoms with E-state index in [4.69, 9.17) is 11.6 Å². The van der Waals surface area contributed by atoms with E-state index in [2.05, 4.69) is 20.1 Å². The molecule has 0 unspecified atom stereocenters. The summed E-state index contributed by atoms with van der Waals surface area (Å²) in [5.74, 6) is -0.442. The molecular weight excluding hydrogens is 318 g/mol. The Hall–Kier alpha value is -2.39. The van der Waals surface area contributed by atoms with Crippen molar-refractivity contribution in [2.45, 2.75) is 6.92 Å². The summed E-state index contributed by atoms with van der Waals surface area (Å²) in [5.41, 5.74) is 3.01. The molecule has 0 radical (unpaired) electrons. The van der Waals surface area contributed by atoms with Crippen LogP contribution in [0.1, 0.15) is 20.9 Å². The molecule has 8 nitrogen and oxygen atoms in total. The van der Waals surface area contributed by atoms with Crippen molar-refractivity contribution < 1.29 is 9.72 Å². The van der Waals surface area contributed by atoms with Crippen LogP contribution >= 0.6 is 23.1 Å². The van der Waals surface area contributed by atoms with Gasteiger partial charge in [-0.1, -0.05) is 22.2 Å². The van der Waals surface area contributed by atoms with Gasteiger partial charge in [0.05, 0.1) is 16.8 Å². The van der Waals surface area contributed by atoms with Crippen molar-refractivity contribution in [1.29, 1.82) is 0 Å². The second-order valence-corrected chi connectivity index (χ2v) is 5.02. The van der Waals surface area contributed by atoms with Crippen LogP contribution in [0.5, 0.6) is 0 Å². The predicted octanol–water partition coefficient (Wildman–Crippen LogP) is 2.17. The number of carbonyl (C=O) groups is 1. The fraction of sp³-hybridized carbons (Fsp3) is 0.0909. The lowest BCUT2D eigenvalue weighted by Crippen LogP contribution is -2.17. The minimum atomic E-state index is -0.593. The van der Waals surface area contributed by atoms with Gasteiger partial charge in [0.1, 0.15) is 9.90 Å². The average molecular weight is 326 g/mol. The standard InChI is InChI=1S/C11H8ClN5O3S/c1-6-10(21-16-14-6)11(18)15-13-5-7-2-3-8(12)9(4-7)17(19)20/h2-5H,1H3,(H,15,18)/b13-5-. The summed E-state index contributed by atoms with van der Waals surface area (Å²) in [6.45, 7) is 1.66. The van der Waals surface area contributed by atoms with Crippen molar-refractivity contribution in [3.8, 4) is 0 Å². The molecule has 0 spiro atoms. The zero-order valence-electron chi connectivity index (χ0n) is 10.6. The number of nitrogens with zero attached hydrogens (tertiary/aromatic N) is 4. The molecule has 0 aliphatic rings. The molecule has 2 aromatic rings. The molecule has 1 N–H and O–H groups in total. The molecule has 1 heterocycles. The molecule has 0 saturated carbocycles. The SMILES string of the molecule is Cc1nnsc1C(=O)N/N=C\c1ccc(Cl)c([N+](=O)[O-])c1. The Morgan fingerprint density at radius 1 is 1.57 bits per heavy atom. The van der Waals surface area contributed by atoms with Crippen molar-refractivity contribution >= 4 is 40.9 Å². The second kappa shape index (κ2) is 6.37. The maximum absolute atomic E-state index is 11.7. The summed E-state index contributed by atoms with van der Waals surface area (Å²) in [7, 11) is 0. The average Bonchev–Trinajstić information content (AvgIpc) is 2.86. The zero-order chi connectivity index (χ0) is 15.4. The monoisotopic (exact) mass is 325 g/mol. The largest absolute Gasteiger partial charge is 0.288 e. The molecule has 0 fully saturated rings. The first-order chi connectivity index (χ1) is 9.99. The number of aromatic nitrogens is 2. The van der Waals surface area contributed by atoms with Gasteiger partial charge in [-0.2, -0.15) is 5.10 Å². The van der Waals surface area contributed by atoms with Gasteiger partial charge >= 0.3 is 0 Å². The fourth-order valence-electron chi connectivity index (χ4n) is 1.41. The van der Waals surface area contributed by atoms with E-state index in [1.807, 2.05) is 0 Å². The van der Waals surface area contributed by atoms with Gasteiger partial charge in [0, 0.05) is 11.6 Å². The summed E-state index contributed by atoms with van der Waals surface area (Å²) in [5, 5.41) is 18.2. The lowest BCUT2D eigenvalue weighted by atomic mass is 10.2. The summed E-state index contributed by atoms with van der Waals surface area (Å²) in [4.78, 5) is 22.2. The Morgan fingerprint density at radius 2 is 2.33 bits per heavy atom. The van der Waals surface area contributed by atoms with Crippen molar-refractivity contribution in [1.82, 2.24) is 15.0 Å². The highest BCUT2D eigenvalue weighted by atomic mass is 35.5. The first-order valence-electron chi connectivity index (χ1n) is 5.55. The van der Waals surface area contributed by atoms with Crippen molar-refractivity contribution in [2.24, 2.45) is 5.10 Å². The maximum Gasteiger partial charge on any atom is 0.288 e. The molecule has 0 atom stereocenters. The number of hydrogen-bond donors (Lipinski definition) is 1. The Kier molecular flexibility index (Phi) is 4.55. The molecule has 0 saturated heterocycles.